The molecule has 8 nitrogen and oxygen atoms in total. The van der Waals surface area contributed by atoms with Crippen molar-refractivity contribution < 1.29 is 19.0 Å². The van der Waals surface area contributed by atoms with E-state index in [1.165, 1.54) is 16.7 Å². The van der Waals surface area contributed by atoms with Crippen LogP contribution in [0.25, 0.3) is 0 Å². The van der Waals surface area contributed by atoms with Crippen LogP contribution in [0.4, 0.5) is 0 Å². The van der Waals surface area contributed by atoms with Crippen molar-refractivity contribution in [1.29, 1.82) is 0 Å². The Bertz CT molecular complexity index is 1410. The van der Waals surface area contributed by atoms with Crippen LogP contribution in [-0.2, 0) is 34.5 Å². The standard InChI is InChI=1S/C30H34N4O4/c1-19-7-5-6-8-21(19)16-34-17-22(31-32-34)18-38-29-26(36-3)10-9-20-13-24-23-14-27(37-4)25(35)15-30(23,28(20)29)11-12-33(24)2/h5-10,14,17,23-24H,11-13,15-16,18H2,1-4H3/t23-,24+,30-/m1/s1. The van der Waals surface area contributed by atoms with Gasteiger partial charge in [0.05, 0.1) is 27.0 Å². The highest BCUT2D eigenvalue weighted by molar-refractivity contribution is 5.96. The van der Waals surface area contributed by atoms with E-state index in [0.29, 0.717) is 36.3 Å². The fourth-order valence-corrected chi connectivity index (χ4v) is 6.74. The van der Waals surface area contributed by atoms with Gasteiger partial charge in [0.1, 0.15) is 12.3 Å². The number of carbonyl (C=O) groups excluding carboxylic acids is 1. The third-order valence-corrected chi connectivity index (χ3v) is 8.73. The van der Waals surface area contributed by atoms with E-state index in [0.717, 1.165) is 30.6 Å². The quantitative estimate of drug-likeness (QED) is 0.474. The van der Waals surface area contributed by atoms with E-state index < -0.39 is 0 Å². The van der Waals surface area contributed by atoms with Gasteiger partial charge in [0.2, 0.25) is 0 Å². The Morgan fingerprint density at radius 2 is 1.97 bits per heavy atom. The number of methoxy groups -OCH3 is 2. The zero-order valence-electron chi connectivity index (χ0n) is 22.4. The molecule has 3 aromatic rings. The Balaban J connectivity index is 1.34. The lowest BCUT2D eigenvalue weighted by Crippen LogP contribution is -2.60. The van der Waals surface area contributed by atoms with Crippen LogP contribution in [0.3, 0.4) is 0 Å². The van der Waals surface area contributed by atoms with Crippen molar-refractivity contribution >= 4 is 5.78 Å². The fourth-order valence-electron chi connectivity index (χ4n) is 6.74. The third kappa shape index (κ3) is 3.98. The van der Waals surface area contributed by atoms with E-state index in [1.54, 1.807) is 14.2 Å². The Morgan fingerprint density at radius 3 is 2.76 bits per heavy atom. The van der Waals surface area contributed by atoms with Crippen LogP contribution in [0, 0.1) is 12.8 Å². The number of Topliss-reactive ketones (excluding diaryl/α,β-unsaturated/α-hetero) is 1. The molecule has 3 aliphatic rings. The molecule has 2 bridgehead atoms. The Kier molecular flexibility index (Phi) is 6.22. The molecule has 2 aliphatic carbocycles. The maximum absolute atomic E-state index is 13.2. The van der Waals surface area contributed by atoms with Crippen molar-refractivity contribution in [3.63, 3.8) is 0 Å². The molecule has 38 heavy (non-hydrogen) atoms. The minimum Gasteiger partial charge on any atom is -0.493 e. The van der Waals surface area contributed by atoms with Crippen LogP contribution in [-0.4, -0.2) is 59.5 Å². The van der Waals surface area contributed by atoms with E-state index in [1.807, 2.05) is 29.1 Å². The van der Waals surface area contributed by atoms with Gasteiger partial charge in [-0.15, -0.1) is 5.10 Å². The number of carbonyl (C=O) groups is 1. The lowest BCUT2D eigenvalue weighted by atomic mass is 9.53. The molecule has 1 aromatic heterocycles. The van der Waals surface area contributed by atoms with Gasteiger partial charge >= 0.3 is 0 Å². The predicted molar refractivity (Wildman–Crippen MR) is 142 cm³/mol. The summed E-state index contributed by atoms with van der Waals surface area (Å²) in [4.78, 5) is 15.6. The first-order valence-electron chi connectivity index (χ1n) is 13.2. The molecule has 2 heterocycles. The number of aryl methyl sites for hydroxylation is 1. The first-order chi connectivity index (χ1) is 18.4. The highest BCUT2D eigenvalue weighted by Gasteiger charge is 2.56. The van der Waals surface area contributed by atoms with Gasteiger partial charge in [-0.1, -0.05) is 35.5 Å². The summed E-state index contributed by atoms with van der Waals surface area (Å²) in [5.41, 5.74) is 5.15. The van der Waals surface area contributed by atoms with Gasteiger partial charge in [0.15, 0.2) is 23.0 Å². The van der Waals surface area contributed by atoms with Crippen LogP contribution in [0.15, 0.2) is 54.4 Å². The highest BCUT2D eigenvalue weighted by Crippen LogP contribution is 2.58. The van der Waals surface area contributed by atoms with Gasteiger partial charge in [-0.05, 0) is 62.2 Å². The van der Waals surface area contributed by atoms with Crippen molar-refractivity contribution in [3.05, 3.63) is 82.4 Å². The van der Waals surface area contributed by atoms with Crippen molar-refractivity contribution in [2.24, 2.45) is 5.92 Å². The summed E-state index contributed by atoms with van der Waals surface area (Å²) in [5, 5.41) is 8.70. The van der Waals surface area contributed by atoms with Crippen molar-refractivity contribution in [2.45, 2.75) is 50.8 Å². The second-order valence-electron chi connectivity index (χ2n) is 10.8. The number of ketones is 1. The smallest absolute Gasteiger partial charge is 0.197 e. The van der Waals surface area contributed by atoms with Crippen molar-refractivity contribution in [1.82, 2.24) is 19.9 Å². The number of ether oxygens (including phenoxy) is 3. The molecule has 0 unspecified atom stereocenters. The summed E-state index contributed by atoms with van der Waals surface area (Å²) >= 11 is 0. The molecule has 3 atom stereocenters. The third-order valence-electron chi connectivity index (χ3n) is 8.73. The maximum Gasteiger partial charge on any atom is 0.197 e. The molecule has 1 aliphatic heterocycles. The van der Waals surface area contributed by atoms with Crippen molar-refractivity contribution in [2.75, 3.05) is 27.8 Å². The molecule has 2 aromatic carbocycles. The minimum atomic E-state index is -0.351. The number of fused-ring (bicyclic) bond motifs is 1. The van der Waals surface area contributed by atoms with E-state index in [2.05, 4.69) is 53.5 Å². The van der Waals surface area contributed by atoms with E-state index in [-0.39, 0.29) is 23.7 Å². The zero-order valence-corrected chi connectivity index (χ0v) is 22.4. The number of likely N-dealkylation sites (tertiary alicyclic amines) is 1. The number of benzene rings is 2. The number of rotatable bonds is 7. The van der Waals surface area contributed by atoms with Gasteiger partial charge in [-0.25, -0.2) is 4.68 Å². The predicted octanol–water partition coefficient (Wildman–Crippen LogP) is 3.84. The molecular weight excluding hydrogens is 480 g/mol. The summed E-state index contributed by atoms with van der Waals surface area (Å²) in [5.74, 6) is 2.08. The zero-order chi connectivity index (χ0) is 26.4. The maximum atomic E-state index is 13.2. The molecule has 1 fully saturated rings. The molecule has 0 saturated carbocycles. The molecule has 8 heteroatoms. The Hall–Kier alpha value is -3.65. The average Bonchev–Trinajstić information content (AvgIpc) is 3.37. The number of hydrogen-bond donors (Lipinski definition) is 0. The second kappa shape index (κ2) is 9.58. The van der Waals surface area contributed by atoms with Gasteiger partial charge in [0.25, 0.3) is 0 Å². The average molecular weight is 515 g/mol. The van der Waals surface area contributed by atoms with Crippen LogP contribution in [0.1, 0.15) is 40.8 Å². The number of nitrogens with zero attached hydrogens (tertiary/aromatic N) is 4. The van der Waals surface area contributed by atoms with Crippen LogP contribution < -0.4 is 9.47 Å². The van der Waals surface area contributed by atoms with Gasteiger partial charge in [-0.2, -0.15) is 0 Å². The summed E-state index contributed by atoms with van der Waals surface area (Å²) in [6.45, 7) is 3.94. The Labute approximate surface area is 223 Å². The van der Waals surface area contributed by atoms with Crippen LogP contribution in [0.2, 0.25) is 0 Å². The largest absolute Gasteiger partial charge is 0.493 e. The first-order valence-corrected chi connectivity index (χ1v) is 13.2. The minimum absolute atomic E-state index is 0.0489. The topological polar surface area (TPSA) is 78.7 Å². The summed E-state index contributed by atoms with van der Waals surface area (Å²) in [6, 6.07) is 12.7. The lowest BCUT2D eigenvalue weighted by molar-refractivity contribution is -0.122. The fraction of sp³-hybridized carbons (Fsp3) is 0.433. The molecule has 6 rings (SSSR count). The van der Waals surface area contributed by atoms with Gasteiger partial charge < -0.3 is 19.1 Å². The molecule has 0 amide bonds. The van der Waals surface area contributed by atoms with Crippen molar-refractivity contribution in [3.8, 4) is 11.5 Å². The number of hydrogen-bond acceptors (Lipinski definition) is 7. The second-order valence-corrected chi connectivity index (χ2v) is 10.8. The Morgan fingerprint density at radius 1 is 1.13 bits per heavy atom. The number of piperidine rings is 1. The molecule has 198 valence electrons. The van der Waals surface area contributed by atoms with E-state index >= 15 is 0 Å². The summed E-state index contributed by atoms with van der Waals surface area (Å²) in [7, 11) is 5.43. The SMILES string of the molecule is COC1=C[C@@H]2[C@@H]3Cc4ccc(OC)c(OCc5cn(Cc6ccccc6C)nn5)c4[C@]2(CCN3C)CC1=O. The first kappa shape index (κ1) is 24.7. The number of aromatic nitrogens is 3. The highest BCUT2D eigenvalue weighted by atomic mass is 16.5. The van der Waals surface area contributed by atoms with Gasteiger partial charge in [-0.3, -0.25) is 4.79 Å². The van der Waals surface area contributed by atoms with E-state index in [4.69, 9.17) is 14.2 Å². The van der Waals surface area contributed by atoms with E-state index in [9.17, 15) is 4.79 Å². The van der Waals surface area contributed by atoms with Crippen LogP contribution >= 0.6 is 0 Å². The molecule has 0 N–H and O–H groups in total. The summed E-state index contributed by atoms with van der Waals surface area (Å²) in [6.07, 6.45) is 6.15. The molecular formula is C30H34N4O4. The lowest BCUT2D eigenvalue weighted by Gasteiger charge is -2.56. The monoisotopic (exact) mass is 514 g/mol. The number of allylic oxidation sites excluding steroid dienone is 1. The molecule has 1 saturated heterocycles. The van der Waals surface area contributed by atoms with Crippen LogP contribution in [0.5, 0.6) is 11.5 Å². The number of likely N-dealkylation sites (N-methyl/N-ethyl adjacent to an activating group) is 1. The summed E-state index contributed by atoms with van der Waals surface area (Å²) < 4.78 is 19.7. The van der Waals surface area contributed by atoms with Gasteiger partial charge in [0, 0.05) is 29.4 Å². The molecule has 0 spiro atoms. The normalized spacial score (nSPS) is 24.3. The molecule has 0 radical (unpaired) electrons.